The number of nitriles is 1. The molecule has 10 heteroatoms. The van der Waals surface area contributed by atoms with Gasteiger partial charge in [0.25, 0.3) is 0 Å². The summed E-state index contributed by atoms with van der Waals surface area (Å²) in [7, 11) is 0. The van der Waals surface area contributed by atoms with E-state index in [4.69, 9.17) is 5.73 Å². The molecule has 0 spiro atoms. The second-order valence-corrected chi connectivity index (χ2v) is 8.44. The molecule has 1 aliphatic rings. The van der Waals surface area contributed by atoms with Crippen LogP contribution >= 0.6 is 11.3 Å². The number of carbonyl (C=O) groups excluding carboxylic acids is 1. The van der Waals surface area contributed by atoms with E-state index in [1.807, 2.05) is 18.2 Å². The predicted molar refractivity (Wildman–Crippen MR) is 116 cm³/mol. The molecule has 1 aromatic heterocycles. The number of anilines is 2. The molecule has 0 unspecified atom stereocenters. The van der Waals surface area contributed by atoms with E-state index in [1.165, 1.54) is 23.5 Å². The van der Waals surface area contributed by atoms with Crippen molar-refractivity contribution in [2.75, 3.05) is 17.2 Å². The summed E-state index contributed by atoms with van der Waals surface area (Å²) >= 11 is 1.31. The average Bonchev–Trinajstić information content (AvgIpc) is 3.33. The van der Waals surface area contributed by atoms with Gasteiger partial charge in [-0.15, -0.1) is 0 Å². The molecule has 0 saturated heterocycles. The number of alkyl halides is 3. The lowest BCUT2D eigenvalue weighted by atomic mass is 10.0. The zero-order chi connectivity index (χ0) is 22.9. The van der Waals surface area contributed by atoms with Gasteiger partial charge in [-0.1, -0.05) is 29.5 Å². The van der Waals surface area contributed by atoms with E-state index < -0.39 is 11.7 Å². The first-order valence-electron chi connectivity index (χ1n) is 9.72. The van der Waals surface area contributed by atoms with Crippen LogP contribution < -0.4 is 16.4 Å². The fraction of sp³-hybridized carbons (Fsp3) is 0.227. The molecule has 6 nitrogen and oxygen atoms in total. The standard InChI is InChI=1S/C22H18F3N5OS/c23-22(24,25)15-4-1-12(2-5-15)7-16(27)11-28-21-30-18(10-26)20(32-21)13-3-6-17-14(8-13)9-19(31)29-17/h1-6,8,16H,7,9,11,27H2,(H,28,30)(H,29,31)/t16-/m1/s1. The fourth-order valence-electron chi connectivity index (χ4n) is 3.46. The maximum Gasteiger partial charge on any atom is 0.416 e. The van der Waals surface area contributed by atoms with E-state index in [-0.39, 0.29) is 17.6 Å². The van der Waals surface area contributed by atoms with Crippen LogP contribution in [-0.2, 0) is 23.8 Å². The van der Waals surface area contributed by atoms with Crippen molar-refractivity contribution in [3.63, 3.8) is 0 Å². The van der Waals surface area contributed by atoms with E-state index in [9.17, 15) is 23.2 Å². The van der Waals surface area contributed by atoms with E-state index in [2.05, 4.69) is 21.7 Å². The Hall–Kier alpha value is -3.42. The number of nitrogens with zero attached hydrogens (tertiary/aromatic N) is 2. The molecule has 1 amide bonds. The quantitative estimate of drug-likeness (QED) is 0.515. The number of amides is 1. The second-order valence-electron chi connectivity index (χ2n) is 7.45. The summed E-state index contributed by atoms with van der Waals surface area (Å²) in [6.07, 6.45) is -3.68. The average molecular weight is 457 g/mol. The molecule has 0 radical (unpaired) electrons. The Bertz CT molecular complexity index is 1200. The summed E-state index contributed by atoms with van der Waals surface area (Å²) in [6.45, 7) is 0.335. The summed E-state index contributed by atoms with van der Waals surface area (Å²) in [5.41, 5.74) is 8.85. The van der Waals surface area contributed by atoms with Crippen LogP contribution in [0.1, 0.15) is 22.4 Å². The van der Waals surface area contributed by atoms with Gasteiger partial charge in [-0.3, -0.25) is 4.79 Å². The highest BCUT2D eigenvalue weighted by Gasteiger charge is 2.30. The number of aromatic nitrogens is 1. The van der Waals surface area contributed by atoms with Gasteiger partial charge in [-0.05, 0) is 47.4 Å². The van der Waals surface area contributed by atoms with Crippen LogP contribution in [0, 0.1) is 11.3 Å². The highest BCUT2D eigenvalue weighted by atomic mass is 32.1. The third kappa shape index (κ3) is 4.74. The summed E-state index contributed by atoms with van der Waals surface area (Å²) in [6, 6.07) is 12.2. The number of halogens is 3. The van der Waals surface area contributed by atoms with Gasteiger partial charge < -0.3 is 16.4 Å². The van der Waals surface area contributed by atoms with Crippen molar-refractivity contribution in [2.24, 2.45) is 5.73 Å². The fourth-order valence-corrected chi connectivity index (χ4v) is 4.38. The van der Waals surface area contributed by atoms with Crippen LogP contribution in [0.5, 0.6) is 0 Å². The Balaban J connectivity index is 1.41. The molecule has 0 saturated carbocycles. The minimum Gasteiger partial charge on any atom is -0.360 e. The molecule has 0 fully saturated rings. The van der Waals surface area contributed by atoms with Crippen molar-refractivity contribution >= 4 is 28.1 Å². The molecule has 4 rings (SSSR count). The number of hydrogen-bond donors (Lipinski definition) is 3. The van der Waals surface area contributed by atoms with Gasteiger partial charge >= 0.3 is 6.18 Å². The topological polar surface area (TPSA) is 104 Å². The number of thiazole rings is 1. The largest absolute Gasteiger partial charge is 0.416 e. The van der Waals surface area contributed by atoms with Crippen LogP contribution in [0.15, 0.2) is 42.5 Å². The van der Waals surface area contributed by atoms with Crippen molar-refractivity contribution in [3.8, 4) is 16.5 Å². The first-order valence-corrected chi connectivity index (χ1v) is 10.5. The second kappa shape index (κ2) is 8.61. The molecule has 3 aromatic rings. The lowest BCUT2D eigenvalue weighted by molar-refractivity contribution is -0.137. The van der Waals surface area contributed by atoms with Crippen molar-refractivity contribution in [3.05, 3.63) is 64.8 Å². The zero-order valence-electron chi connectivity index (χ0n) is 16.7. The maximum atomic E-state index is 12.7. The molecule has 1 aliphatic heterocycles. The Morgan fingerprint density at radius 2 is 2.00 bits per heavy atom. The first kappa shape index (κ1) is 21.8. The van der Waals surface area contributed by atoms with Gasteiger partial charge in [0, 0.05) is 18.3 Å². The van der Waals surface area contributed by atoms with E-state index in [1.54, 1.807) is 0 Å². The number of fused-ring (bicyclic) bond motifs is 1. The maximum absolute atomic E-state index is 12.7. The zero-order valence-corrected chi connectivity index (χ0v) is 17.5. The van der Waals surface area contributed by atoms with Crippen molar-refractivity contribution in [1.82, 2.24) is 4.98 Å². The van der Waals surface area contributed by atoms with Crippen LogP contribution in [0.2, 0.25) is 0 Å². The molecular weight excluding hydrogens is 439 g/mol. The molecule has 2 aromatic carbocycles. The highest BCUT2D eigenvalue weighted by Crippen LogP contribution is 2.36. The normalized spacial score (nSPS) is 13.9. The van der Waals surface area contributed by atoms with Gasteiger partial charge in [0.2, 0.25) is 5.91 Å². The number of carbonyl (C=O) groups is 1. The molecule has 0 aliphatic carbocycles. The molecular formula is C22H18F3N5OS. The molecule has 1 atom stereocenters. The Morgan fingerprint density at radius 1 is 1.25 bits per heavy atom. The SMILES string of the molecule is N#Cc1nc(NC[C@H](N)Cc2ccc(C(F)(F)F)cc2)sc1-c1ccc2c(c1)CC(=O)N2. The van der Waals surface area contributed by atoms with E-state index in [0.29, 0.717) is 35.0 Å². The Morgan fingerprint density at radius 3 is 2.69 bits per heavy atom. The molecule has 32 heavy (non-hydrogen) atoms. The third-order valence-corrected chi connectivity index (χ3v) is 6.08. The van der Waals surface area contributed by atoms with Gasteiger partial charge in [-0.2, -0.15) is 18.4 Å². The summed E-state index contributed by atoms with van der Waals surface area (Å²) in [5, 5.41) is 15.9. The molecule has 0 bridgehead atoms. The van der Waals surface area contributed by atoms with Gasteiger partial charge in [0.1, 0.15) is 6.07 Å². The van der Waals surface area contributed by atoms with Gasteiger partial charge in [0.05, 0.1) is 16.9 Å². The van der Waals surface area contributed by atoms with Gasteiger partial charge in [-0.25, -0.2) is 4.98 Å². The van der Waals surface area contributed by atoms with Crippen LogP contribution in [0.4, 0.5) is 24.0 Å². The monoisotopic (exact) mass is 457 g/mol. The van der Waals surface area contributed by atoms with Crippen molar-refractivity contribution < 1.29 is 18.0 Å². The minimum absolute atomic E-state index is 0.0636. The number of hydrogen-bond acceptors (Lipinski definition) is 6. The van der Waals surface area contributed by atoms with Crippen LogP contribution in [0.25, 0.3) is 10.4 Å². The van der Waals surface area contributed by atoms with Crippen molar-refractivity contribution in [2.45, 2.75) is 25.1 Å². The van der Waals surface area contributed by atoms with Crippen molar-refractivity contribution in [1.29, 1.82) is 5.26 Å². The number of nitrogens with one attached hydrogen (secondary N) is 2. The summed E-state index contributed by atoms with van der Waals surface area (Å²) in [4.78, 5) is 16.6. The Kier molecular flexibility index (Phi) is 5.86. The minimum atomic E-state index is -4.37. The number of rotatable bonds is 6. The summed E-state index contributed by atoms with van der Waals surface area (Å²) in [5.74, 6) is -0.0636. The smallest absolute Gasteiger partial charge is 0.360 e. The van der Waals surface area contributed by atoms with Gasteiger partial charge in [0.15, 0.2) is 10.8 Å². The predicted octanol–water partition coefficient (Wildman–Crippen LogP) is 4.18. The molecule has 2 heterocycles. The highest BCUT2D eigenvalue weighted by molar-refractivity contribution is 7.19. The number of benzene rings is 2. The first-order chi connectivity index (χ1) is 15.2. The lowest BCUT2D eigenvalue weighted by Gasteiger charge is -2.13. The third-order valence-electron chi connectivity index (χ3n) is 5.02. The van der Waals surface area contributed by atoms with Crippen LogP contribution in [0.3, 0.4) is 0 Å². The molecule has 4 N–H and O–H groups in total. The lowest BCUT2D eigenvalue weighted by Crippen LogP contribution is -2.31. The van der Waals surface area contributed by atoms with Crippen LogP contribution in [-0.4, -0.2) is 23.5 Å². The van der Waals surface area contributed by atoms with E-state index in [0.717, 1.165) is 28.9 Å². The molecule has 164 valence electrons. The summed E-state index contributed by atoms with van der Waals surface area (Å²) < 4.78 is 38.0. The van der Waals surface area contributed by atoms with E-state index >= 15 is 0 Å². The Labute approximate surface area is 185 Å². The number of nitrogens with two attached hydrogens (primary N) is 1.